The molecule has 0 bridgehead atoms. The number of piperidine rings is 1. The summed E-state index contributed by atoms with van der Waals surface area (Å²) in [7, 11) is 1.70. The molecule has 1 amide bonds. The van der Waals surface area contributed by atoms with E-state index in [1.807, 2.05) is 29.2 Å². The maximum Gasteiger partial charge on any atom is 0.253 e. The Morgan fingerprint density at radius 2 is 1.88 bits per heavy atom. The van der Waals surface area contributed by atoms with E-state index in [1.165, 1.54) is 5.56 Å². The average molecular weight is 579 g/mol. The van der Waals surface area contributed by atoms with E-state index in [0.717, 1.165) is 48.8 Å². The zero-order valence-corrected chi connectivity index (χ0v) is 25.0. The number of unbranched alkanes of at least 4 members (excludes halogenated alkanes) is 1. The van der Waals surface area contributed by atoms with E-state index in [4.69, 9.17) is 26.8 Å². The third-order valence-electron chi connectivity index (χ3n) is 8.13. The molecule has 1 saturated heterocycles. The van der Waals surface area contributed by atoms with Gasteiger partial charge in [-0.2, -0.15) is 0 Å². The van der Waals surface area contributed by atoms with Crippen molar-refractivity contribution in [3.8, 4) is 16.9 Å². The molecule has 1 aliphatic heterocycles. The van der Waals surface area contributed by atoms with Gasteiger partial charge < -0.3 is 25.2 Å². The molecule has 1 aliphatic rings. The van der Waals surface area contributed by atoms with Crippen LogP contribution in [0.5, 0.6) is 5.75 Å². The van der Waals surface area contributed by atoms with Gasteiger partial charge in [0.15, 0.2) is 0 Å². The molecular formula is C34H43ClN2O4. The first-order chi connectivity index (χ1) is 19.9. The number of likely N-dealkylation sites (tertiary alicyclic amines) is 1. The number of carbonyl (C=O) groups excluding carboxylic acids is 1. The largest absolute Gasteiger partial charge is 0.492 e. The molecule has 4 rings (SSSR count). The third-order valence-corrected chi connectivity index (χ3v) is 8.45. The number of hydrogen-bond acceptors (Lipinski definition) is 5. The van der Waals surface area contributed by atoms with Crippen LogP contribution in [0.4, 0.5) is 0 Å². The van der Waals surface area contributed by atoms with Gasteiger partial charge in [-0.05, 0) is 85.5 Å². The molecule has 7 heteroatoms. The lowest BCUT2D eigenvalue weighted by Gasteiger charge is -2.44. The van der Waals surface area contributed by atoms with Crippen LogP contribution in [0.1, 0.15) is 60.5 Å². The van der Waals surface area contributed by atoms with E-state index in [2.05, 4.69) is 25.1 Å². The van der Waals surface area contributed by atoms with Crippen LogP contribution < -0.4 is 10.5 Å². The van der Waals surface area contributed by atoms with Crippen molar-refractivity contribution in [1.82, 2.24) is 4.90 Å². The average Bonchev–Trinajstić information content (AvgIpc) is 3.02. The van der Waals surface area contributed by atoms with E-state index in [-0.39, 0.29) is 11.8 Å². The molecule has 6 nitrogen and oxygen atoms in total. The smallest absolute Gasteiger partial charge is 0.253 e. The first-order valence-corrected chi connectivity index (χ1v) is 15.1. The monoisotopic (exact) mass is 578 g/mol. The Morgan fingerprint density at radius 3 is 2.61 bits per heavy atom. The normalized spacial score (nSPS) is 16.8. The van der Waals surface area contributed by atoms with Crippen LogP contribution in [0.3, 0.4) is 0 Å². The van der Waals surface area contributed by atoms with Crippen molar-refractivity contribution in [1.29, 1.82) is 0 Å². The Bertz CT molecular complexity index is 1280. The molecule has 2 atom stereocenters. The predicted octanol–water partition coefficient (Wildman–Crippen LogP) is 6.46. The Morgan fingerprint density at radius 1 is 1.10 bits per heavy atom. The maximum absolute atomic E-state index is 13.6. The van der Waals surface area contributed by atoms with Gasteiger partial charge in [-0.3, -0.25) is 4.79 Å². The zero-order chi connectivity index (χ0) is 29.2. The quantitative estimate of drug-likeness (QED) is 0.227. The summed E-state index contributed by atoms with van der Waals surface area (Å²) in [6.07, 6.45) is 4.73. The van der Waals surface area contributed by atoms with Gasteiger partial charge in [-0.1, -0.05) is 54.9 Å². The van der Waals surface area contributed by atoms with Crippen molar-refractivity contribution >= 4 is 17.5 Å². The number of carbonyl (C=O) groups is 1. The molecule has 0 aliphatic carbocycles. The number of aryl methyl sites for hydroxylation is 1. The van der Waals surface area contributed by atoms with E-state index < -0.39 is 5.60 Å². The fraction of sp³-hybridized carbons (Fsp3) is 0.441. The molecule has 1 fully saturated rings. The Hall–Kier alpha value is -2.90. The van der Waals surface area contributed by atoms with Crippen molar-refractivity contribution in [2.45, 2.75) is 51.0 Å². The Labute approximate surface area is 249 Å². The summed E-state index contributed by atoms with van der Waals surface area (Å²) >= 11 is 6.88. The van der Waals surface area contributed by atoms with Gasteiger partial charge in [0, 0.05) is 55.4 Å². The van der Waals surface area contributed by atoms with Gasteiger partial charge in [0.25, 0.3) is 5.91 Å². The van der Waals surface area contributed by atoms with Gasteiger partial charge in [-0.25, -0.2) is 0 Å². The highest BCUT2D eigenvalue weighted by molar-refractivity contribution is 6.33. The second kappa shape index (κ2) is 14.8. The molecule has 0 unspecified atom stereocenters. The molecule has 0 aromatic heterocycles. The zero-order valence-electron chi connectivity index (χ0n) is 24.3. The summed E-state index contributed by atoms with van der Waals surface area (Å²) in [6.45, 7) is 4.75. The molecule has 1 heterocycles. The fourth-order valence-corrected chi connectivity index (χ4v) is 6.21. The molecule has 41 heavy (non-hydrogen) atoms. The van der Waals surface area contributed by atoms with Crippen molar-refractivity contribution in [3.05, 3.63) is 88.4 Å². The van der Waals surface area contributed by atoms with Crippen molar-refractivity contribution in [3.63, 3.8) is 0 Å². The number of amides is 1. The van der Waals surface area contributed by atoms with Gasteiger partial charge in [-0.15, -0.1) is 0 Å². The second-order valence-electron chi connectivity index (χ2n) is 10.8. The van der Waals surface area contributed by atoms with Crippen LogP contribution >= 0.6 is 11.6 Å². The molecule has 0 spiro atoms. The van der Waals surface area contributed by atoms with E-state index in [1.54, 1.807) is 31.4 Å². The van der Waals surface area contributed by atoms with Gasteiger partial charge in [0.2, 0.25) is 0 Å². The van der Waals surface area contributed by atoms with Gasteiger partial charge in [0.1, 0.15) is 12.4 Å². The van der Waals surface area contributed by atoms with Gasteiger partial charge in [0.05, 0.1) is 5.60 Å². The highest BCUT2D eigenvalue weighted by Gasteiger charge is 2.43. The van der Waals surface area contributed by atoms with Crippen molar-refractivity contribution in [2.75, 3.05) is 40.0 Å². The third kappa shape index (κ3) is 7.49. The number of aliphatic hydroxyl groups is 1. The molecular weight excluding hydrogens is 536 g/mol. The van der Waals surface area contributed by atoms with Crippen LogP contribution in [-0.2, 0) is 16.8 Å². The minimum absolute atomic E-state index is 0.0382. The van der Waals surface area contributed by atoms with Crippen LogP contribution in [0, 0.1) is 5.92 Å². The SMILES string of the molecule is CCc1cccc(-c2c(Cl)cccc2[C@](O)(CCCCOC)[C@@H]2CCCN(C(=O)c3ccc(OCCN)cc3)C2)c1. The van der Waals surface area contributed by atoms with Crippen LogP contribution in [0.2, 0.25) is 5.02 Å². The topological polar surface area (TPSA) is 85.0 Å². The number of nitrogens with two attached hydrogens (primary N) is 1. The molecule has 220 valence electrons. The van der Waals surface area contributed by atoms with E-state index in [0.29, 0.717) is 55.6 Å². The summed E-state index contributed by atoms with van der Waals surface area (Å²) in [5.74, 6) is 0.500. The number of hydrogen-bond donors (Lipinski definition) is 2. The number of halogens is 1. The molecule has 0 radical (unpaired) electrons. The number of rotatable bonds is 13. The van der Waals surface area contributed by atoms with Gasteiger partial charge >= 0.3 is 0 Å². The molecule has 3 aromatic carbocycles. The number of ether oxygens (including phenoxy) is 2. The summed E-state index contributed by atoms with van der Waals surface area (Å²) in [4.78, 5) is 15.5. The minimum atomic E-state index is -1.17. The number of benzene rings is 3. The van der Waals surface area contributed by atoms with E-state index >= 15 is 0 Å². The maximum atomic E-state index is 13.6. The second-order valence-corrected chi connectivity index (χ2v) is 11.2. The molecule has 3 N–H and O–H groups in total. The van der Waals surface area contributed by atoms with Crippen LogP contribution in [0.25, 0.3) is 11.1 Å². The van der Waals surface area contributed by atoms with Crippen molar-refractivity contribution < 1.29 is 19.4 Å². The Balaban J connectivity index is 1.67. The summed E-state index contributed by atoms with van der Waals surface area (Å²) < 4.78 is 10.9. The first-order valence-electron chi connectivity index (χ1n) is 14.7. The lowest BCUT2D eigenvalue weighted by Crippen LogP contribution is -2.48. The van der Waals surface area contributed by atoms with E-state index in [9.17, 15) is 9.90 Å². The lowest BCUT2D eigenvalue weighted by molar-refractivity contribution is -0.0574. The molecule has 0 saturated carbocycles. The van der Waals surface area contributed by atoms with Crippen LogP contribution in [0.15, 0.2) is 66.7 Å². The highest BCUT2D eigenvalue weighted by Crippen LogP contribution is 2.46. The number of methoxy groups -OCH3 is 1. The Kier molecular flexibility index (Phi) is 11.2. The fourth-order valence-electron chi connectivity index (χ4n) is 5.93. The lowest BCUT2D eigenvalue weighted by atomic mass is 9.72. The summed E-state index contributed by atoms with van der Waals surface area (Å²) in [5, 5.41) is 13.3. The number of nitrogens with zero attached hydrogens (tertiary/aromatic N) is 1. The minimum Gasteiger partial charge on any atom is -0.492 e. The molecule has 3 aromatic rings. The van der Waals surface area contributed by atoms with Crippen molar-refractivity contribution in [2.24, 2.45) is 11.7 Å². The van der Waals surface area contributed by atoms with Crippen LogP contribution in [-0.4, -0.2) is 55.9 Å². The first kappa shape index (κ1) is 31.0. The summed E-state index contributed by atoms with van der Waals surface area (Å²) in [5.41, 5.74) is 8.88. The highest BCUT2D eigenvalue weighted by atomic mass is 35.5. The summed E-state index contributed by atoms with van der Waals surface area (Å²) in [6, 6.07) is 21.4. The predicted molar refractivity (Wildman–Crippen MR) is 166 cm³/mol. The standard InChI is InChI=1S/C34H43ClN2O4/c1-3-25-9-6-10-27(23-25)32-30(12-7-13-31(32)35)34(39,18-4-5-21-40-2)28-11-8-20-37(24-28)33(38)26-14-16-29(17-15-26)41-22-19-36/h6-7,9-10,12-17,23,28,39H,3-5,8,11,18-22,24,36H2,1-2H3/t28-,34+/m1/s1.